The smallest absolute Gasteiger partial charge is 0.498 e. The van der Waals surface area contributed by atoms with Crippen LogP contribution in [0.15, 0.2) is 12.6 Å². The van der Waals surface area contributed by atoms with Crippen LogP contribution in [-0.2, 0) is 24.7 Å². The first-order valence-electron chi connectivity index (χ1n) is 16.7. The van der Waals surface area contributed by atoms with Gasteiger partial charge in [-0.15, -0.1) is 0 Å². The van der Waals surface area contributed by atoms with Gasteiger partial charge in [-0.1, -0.05) is 12.7 Å². The van der Waals surface area contributed by atoms with E-state index in [-0.39, 0.29) is 0 Å². The van der Waals surface area contributed by atoms with Crippen molar-refractivity contribution >= 4 is 97.8 Å². The SMILES string of the molecule is C=Cc1cc(O[Si](C)(O[Si](C)(C)C)O[Si](C)(C)C)c(O[Si](C)(O[Si](C)(C)C)O[Si](C)(C)C)c(O[Si](C)(O[Si](C)(C)C)O[Si](C)(C)C)c1[Si]. The molecule has 0 N–H and O–H groups in total. The fourth-order valence-corrected chi connectivity index (χ4v) is 36.6. The first kappa shape index (κ1) is 46.3. The van der Waals surface area contributed by atoms with Gasteiger partial charge in [0.25, 0.3) is 0 Å². The number of hydrogen-bond acceptors (Lipinski definition) is 9. The Morgan fingerprint density at radius 3 is 0.938 bits per heavy atom. The van der Waals surface area contributed by atoms with Crippen molar-refractivity contribution in [1.29, 1.82) is 0 Å². The van der Waals surface area contributed by atoms with Gasteiger partial charge in [-0.05, 0) is 135 Å². The predicted molar refractivity (Wildman–Crippen MR) is 225 cm³/mol. The lowest BCUT2D eigenvalue weighted by atomic mass is 10.2. The third-order valence-corrected chi connectivity index (χ3v) is 31.1. The molecule has 9 nitrogen and oxygen atoms in total. The van der Waals surface area contributed by atoms with E-state index in [1.165, 1.54) is 0 Å². The van der Waals surface area contributed by atoms with Gasteiger partial charge in [-0.2, -0.15) is 0 Å². The molecule has 1 rings (SSSR count). The minimum atomic E-state index is -3.39. The van der Waals surface area contributed by atoms with Crippen LogP contribution >= 0.6 is 0 Å². The highest BCUT2D eigenvalue weighted by Gasteiger charge is 2.51. The van der Waals surface area contributed by atoms with Gasteiger partial charge in [0, 0.05) is 19.6 Å². The first-order valence-corrected chi connectivity index (χ1v) is 44.3. The Morgan fingerprint density at radius 1 is 0.438 bits per heavy atom. The largest absolute Gasteiger partial charge is 0.541 e. The van der Waals surface area contributed by atoms with Crippen LogP contribution in [0.25, 0.3) is 6.08 Å². The fraction of sp³-hybridized carbons (Fsp3) is 0.724. The Morgan fingerprint density at radius 2 is 0.688 bits per heavy atom. The van der Waals surface area contributed by atoms with E-state index in [9.17, 15) is 0 Å². The van der Waals surface area contributed by atoms with Gasteiger partial charge in [0.05, 0.1) is 10.2 Å². The topological polar surface area (TPSA) is 83.1 Å². The fourth-order valence-electron chi connectivity index (χ4n) is 5.16. The van der Waals surface area contributed by atoms with E-state index in [4.69, 9.17) is 38.0 Å². The molecular weight excluding hydrogens is 773 g/mol. The molecular formula is C29H67O9Si10. The predicted octanol–water partition coefficient (Wildman–Crippen LogP) is 9.07. The molecule has 0 heterocycles. The molecule has 0 saturated heterocycles. The highest BCUT2D eigenvalue weighted by Crippen LogP contribution is 2.44. The Kier molecular flexibility index (Phi) is 15.2. The van der Waals surface area contributed by atoms with E-state index in [0.29, 0.717) is 22.4 Å². The Balaban J connectivity index is 4.34. The minimum Gasteiger partial charge on any atom is -0.498 e. The molecule has 0 aliphatic carbocycles. The van der Waals surface area contributed by atoms with Crippen molar-refractivity contribution in [3.63, 3.8) is 0 Å². The molecule has 0 aliphatic rings. The van der Waals surface area contributed by atoms with Crippen LogP contribution in [0.2, 0.25) is 137 Å². The van der Waals surface area contributed by atoms with E-state index in [1.807, 2.05) is 25.7 Å². The quantitative estimate of drug-likeness (QED) is 0.127. The van der Waals surface area contributed by atoms with Gasteiger partial charge in [0.2, 0.25) is 0 Å². The summed E-state index contributed by atoms with van der Waals surface area (Å²) in [6.45, 7) is 48.6. The Bertz CT molecular complexity index is 1210. The molecule has 0 bridgehead atoms. The molecule has 0 fully saturated rings. The molecule has 0 atom stereocenters. The zero-order valence-electron chi connectivity index (χ0n) is 34.0. The summed E-state index contributed by atoms with van der Waals surface area (Å²) < 4.78 is 62.1. The van der Waals surface area contributed by atoms with Crippen LogP contribution in [0.5, 0.6) is 17.2 Å². The molecule has 3 radical (unpaired) electrons. The monoisotopic (exact) mass is 839 g/mol. The van der Waals surface area contributed by atoms with Crippen LogP contribution in [0.1, 0.15) is 5.56 Å². The highest BCUT2D eigenvalue weighted by molar-refractivity contribution is 6.87. The van der Waals surface area contributed by atoms with Crippen molar-refractivity contribution in [3.05, 3.63) is 18.2 Å². The molecule has 277 valence electrons. The van der Waals surface area contributed by atoms with Crippen LogP contribution < -0.4 is 18.5 Å². The Labute approximate surface area is 307 Å². The maximum absolute atomic E-state index is 7.12. The zero-order valence-corrected chi connectivity index (χ0v) is 44.0. The van der Waals surface area contributed by atoms with Crippen molar-refractivity contribution in [3.8, 4) is 17.2 Å². The molecule has 0 spiro atoms. The lowest BCUT2D eigenvalue weighted by molar-refractivity contribution is 0.231. The third kappa shape index (κ3) is 17.7. The first-order chi connectivity index (χ1) is 20.9. The van der Waals surface area contributed by atoms with Crippen molar-refractivity contribution in [2.75, 3.05) is 0 Å². The van der Waals surface area contributed by atoms with Gasteiger partial charge < -0.3 is 38.0 Å². The van der Waals surface area contributed by atoms with Crippen LogP contribution in [0.4, 0.5) is 0 Å². The van der Waals surface area contributed by atoms with Gasteiger partial charge in [-0.3, -0.25) is 0 Å². The maximum Gasteiger partial charge on any atom is 0.541 e. The lowest BCUT2D eigenvalue weighted by Crippen LogP contribution is -2.59. The van der Waals surface area contributed by atoms with Crippen molar-refractivity contribution in [2.45, 2.75) is 137 Å². The zero-order chi connectivity index (χ0) is 38.2. The summed E-state index contributed by atoms with van der Waals surface area (Å²) in [4.78, 5) is 0. The summed E-state index contributed by atoms with van der Waals surface area (Å²) in [6.07, 6.45) is 1.76. The van der Waals surface area contributed by atoms with Crippen LogP contribution in [-0.4, -0.2) is 86.6 Å². The second kappa shape index (κ2) is 15.7. The summed E-state index contributed by atoms with van der Waals surface area (Å²) in [5.41, 5.74) is 0.749. The molecule has 1 aromatic rings. The van der Waals surface area contributed by atoms with E-state index in [0.717, 1.165) is 5.56 Å². The lowest BCUT2D eigenvalue weighted by Gasteiger charge is -2.41. The van der Waals surface area contributed by atoms with Crippen molar-refractivity contribution in [2.24, 2.45) is 0 Å². The number of rotatable bonds is 19. The van der Waals surface area contributed by atoms with Crippen molar-refractivity contribution < 1.29 is 38.0 Å². The highest BCUT2D eigenvalue weighted by atomic mass is 28.5. The summed E-state index contributed by atoms with van der Waals surface area (Å²) in [5.74, 6) is 1.17. The summed E-state index contributed by atoms with van der Waals surface area (Å²) in [7, 11) is -19.0. The van der Waals surface area contributed by atoms with Gasteiger partial charge >= 0.3 is 26.4 Å². The summed E-state index contributed by atoms with van der Waals surface area (Å²) >= 11 is 0. The molecule has 0 aliphatic heterocycles. The molecule has 1 aromatic carbocycles. The standard InChI is InChI=1S/C29H67O9Si10/c1-23-25-24-26(30-46(20,33-40(2,3)4)34-41(5,6)7)27(31-47(21,35-42(8,9)10)36-43(11,12)13)28(29(25)39)32-48(22,37-44(14,15)16)38-45(17,18)19/h23-24H,1H2,2-22H3. The molecule has 0 amide bonds. The van der Waals surface area contributed by atoms with Gasteiger partial charge in [-0.25, -0.2) is 0 Å². The van der Waals surface area contributed by atoms with Gasteiger partial charge in [0.15, 0.2) is 67.2 Å². The molecule has 0 aromatic heterocycles. The van der Waals surface area contributed by atoms with E-state index >= 15 is 0 Å². The molecule has 48 heavy (non-hydrogen) atoms. The Hall–Kier alpha value is 0.289. The molecule has 0 unspecified atom stereocenters. The van der Waals surface area contributed by atoms with Crippen molar-refractivity contribution in [1.82, 2.24) is 0 Å². The normalized spacial score (nSPS) is 14.6. The average molecular weight is 841 g/mol. The van der Waals surface area contributed by atoms with E-state index < -0.39 is 76.3 Å². The van der Waals surface area contributed by atoms with Crippen LogP contribution in [0, 0.1) is 0 Å². The number of hydrogen-bond donors (Lipinski definition) is 0. The van der Waals surface area contributed by atoms with E-state index in [2.05, 4.69) is 135 Å². The van der Waals surface area contributed by atoms with Crippen LogP contribution in [0.3, 0.4) is 0 Å². The summed E-state index contributed by atoms with van der Waals surface area (Å²) in [6, 6.07) is 1.90. The summed E-state index contributed by atoms with van der Waals surface area (Å²) in [5, 5.41) is 0.641. The molecule has 0 saturated carbocycles. The number of benzene rings is 1. The van der Waals surface area contributed by atoms with E-state index in [1.54, 1.807) is 6.08 Å². The van der Waals surface area contributed by atoms with Gasteiger partial charge in [0.1, 0.15) is 0 Å². The third-order valence-electron chi connectivity index (χ3n) is 5.27. The second-order valence-electron chi connectivity index (χ2n) is 18.4. The average Bonchev–Trinajstić information content (AvgIpc) is 2.69. The second-order valence-corrected chi connectivity index (χ2v) is 54.9. The maximum atomic E-state index is 7.12. The minimum absolute atomic E-state index is 0.352. The molecule has 19 heteroatoms.